The van der Waals surface area contributed by atoms with Crippen LogP contribution in [0.4, 0.5) is 0 Å². The van der Waals surface area contributed by atoms with Crippen molar-refractivity contribution >= 4 is 21.8 Å². The van der Waals surface area contributed by atoms with Gasteiger partial charge in [-0.05, 0) is 30.4 Å². The van der Waals surface area contributed by atoms with Gasteiger partial charge in [0.1, 0.15) is 10.6 Å². The first-order chi connectivity index (χ1) is 9.92. The molecular formula is C14H24N2O3S2. The van der Waals surface area contributed by atoms with E-state index in [0.29, 0.717) is 5.75 Å². The van der Waals surface area contributed by atoms with Crippen molar-refractivity contribution in [3.05, 3.63) is 23.8 Å². The Hall–Kier alpha value is -0.760. The van der Waals surface area contributed by atoms with Crippen molar-refractivity contribution in [2.75, 3.05) is 26.2 Å². The molecule has 1 aromatic carbocycles. The molecule has 21 heavy (non-hydrogen) atoms. The fraction of sp³-hybridized carbons (Fsp3) is 0.571. The van der Waals surface area contributed by atoms with Crippen LogP contribution in [0.1, 0.15) is 18.9 Å². The molecule has 0 spiro atoms. The third kappa shape index (κ3) is 4.12. The van der Waals surface area contributed by atoms with Gasteiger partial charge in [-0.2, -0.15) is 16.1 Å². The first kappa shape index (κ1) is 18.3. The number of sulfonamides is 1. The Kier molecular flexibility index (Phi) is 6.99. The molecule has 1 aromatic rings. The Bertz CT molecular complexity index is 561. The molecule has 1 unspecified atom stereocenters. The molecular weight excluding hydrogens is 308 g/mol. The summed E-state index contributed by atoms with van der Waals surface area (Å²) in [6.07, 6.45) is 2.73. The lowest BCUT2D eigenvalue weighted by atomic mass is 10.2. The van der Waals surface area contributed by atoms with Gasteiger partial charge < -0.3 is 10.5 Å². The SMILES string of the molecule is CCC(CSC)N(C)S(=O)(=O)c1cc(CN)ccc1OC. The monoisotopic (exact) mass is 332 g/mol. The van der Waals surface area contributed by atoms with Crippen LogP contribution in [0.25, 0.3) is 0 Å². The molecule has 0 bridgehead atoms. The molecule has 0 amide bonds. The van der Waals surface area contributed by atoms with Crippen LogP contribution < -0.4 is 10.5 Å². The molecule has 120 valence electrons. The molecule has 0 fully saturated rings. The number of ether oxygens (including phenoxy) is 1. The number of methoxy groups -OCH3 is 1. The molecule has 7 heteroatoms. The molecule has 0 saturated carbocycles. The number of rotatable bonds is 8. The topological polar surface area (TPSA) is 72.6 Å². The van der Waals surface area contributed by atoms with Crippen molar-refractivity contribution in [1.29, 1.82) is 0 Å². The van der Waals surface area contributed by atoms with Gasteiger partial charge in [-0.3, -0.25) is 0 Å². The molecule has 0 aliphatic rings. The highest BCUT2D eigenvalue weighted by Gasteiger charge is 2.29. The molecule has 1 atom stereocenters. The van der Waals surface area contributed by atoms with E-state index in [2.05, 4.69) is 0 Å². The van der Waals surface area contributed by atoms with E-state index in [4.69, 9.17) is 10.5 Å². The zero-order chi connectivity index (χ0) is 16.0. The van der Waals surface area contributed by atoms with Crippen molar-refractivity contribution in [3.8, 4) is 5.75 Å². The van der Waals surface area contributed by atoms with E-state index in [0.717, 1.165) is 17.7 Å². The summed E-state index contributed by atoms with van der Waals surface area (Å²) in [4.78, 5) is 0.176. The second-order valence-electron chi connectivity index (χ2n) is 4.73. The highest BCUT2D eigenvalue weighted by molar-refractivity contribution is 7.98. The van der Waals surface area contributed by atoms with E-state index in [9.17, 15) is 8.42 Å². The fourth-order valence-corrected chi connectivity index (χ4v) is 4.64. The summed E-state index contributed by atoms with van der Waals surface area (Å²) < 4.78 is 32.3. The van der Waals surface area contributed by atoms with Crippen LogP contribution in [0.2, 0.25) is 0 Å². The molecule has 0 aromatic heterocycles. The molecule has 2 N–H and O–H groups in total. The maximum Gasteiger partial charge on any atom is 0.246 e. The average molecular weight is 332 g/mol. The summed E-state index contributed by atoms with van der Waals surface area (Å²) >= 11 is 1.63. The largest absolute Gasteiger partial charge is 0.495 e. The lowest BCUT2D eigenvalue weighted by Crippen LogP contribution is -2.38. The molecule has 5 nitrogen and oxygen atoms in total. The summed E-state index contributed by atoms with van der Waals surface area (Å²) in [7, 11) is -0.521. The number of thioether (sulfide) groups is 1. The average Bonchev–Trinajstić information content (AvgIpc) is 2.51. The molecule has 0 saturated heterocycles. The summed E-state index contributed by atoms with van der Waals surface area (Å²) in [5.74, 6) is 1.10. The van der Waals surface area contributed by atoms with E-state index < -0.39 is 10.0 Å². The second kappa shape index (κ2) is 8.03. The molecule has 0 radical (unpaired) electrons. The summed E-state index contributed by atoms with van der Waals surface area (Å²) in [5.41, 5.74) is 6.38. The Morgan fingerprint density at radius 2 is 2.10 bits per heavy atom. The zero-order valence-corrected chi connectivity index (χ0v) is 14.6. The third-order valence-electron chi connectivity index (χ3n) is 3.47. The fourth-order valence-electron chi connectivity index (χ4n) is 2.07. The van der Waals surface area contributed by atoms with Crippen molar-refractivity contribution in [1.82, 2.24) is 4.31 Å². The summed E-state index contributed by atoms with van der Waals surface area (Å²) in [6, 6.07) is 4.97. The smallest absolute Gasteiger partial charge is 0.246 e. The van der Waals surface area contributed by atoms with Gasteiger partial charge in [0.15, 0.2) is 0 Å². The van der Waals surface area contributed by atoms with Gasteiger partial charge in [-0.1, -0.05) is 13.0 Å². The minimum atomic E-state index is -3.61. The summed E-state index contributed by atoms with van der Waals surface area (Å²) in [6.45, 7) is 2.28. The minimum absolute atomic E-state index is 0.0451. The Balaban J connectivity index is 3.28. The quantitative estimate of drug-likeness (QED) is 0.787. The lowest BCUT2D eigenvalue weighted by Gasteiger charge is -2.26. The Morgan fingerprint density at radius 3 is 2.57 bits per heavy atom. The number of hydrogen-bond acceptors (Lipinski definition) is 5. The van der Waals surface area contributed by atoms with Gasteiger partial charge in [0.05, 0.1) is 7.11 Å². The van der Waals surface area contributed by atoms with Gasteiger partial charge >= 0.3 is 0 Å². The van der Waals surface area contributed by atoms with Crippen LogP contribution in [0, 0.1) is 0 Å². The normalized spacial score (nSPS) is 13.4. The van der Waals surface area contributed by atoms with Crippen LogP contribution in [0.5, 0.6) is 5.75 Å². The van der Waals surface area contributed by atoms with Crippen LogP contribution in [-0.2, 0) is 16.6 Å². The van der Waals surface area contributed by atoms with Crippen molar-refractivity contribution in [3.63, 3.8) is 0 Å². The number of benzene rings is 1. The first-order valence-electron chi connectivity index (χ1n) is 6.76. The van der Waals surface area contributed by atoms with E-state index in [1.54, 1.807) is 37.0 Å². The van der Waals surface area contributed by atoms with Crippen LogP contribution in [-0.4, -0.2) is 44.9 Å². The second-order valence-corrected chi connectivity index (χ2v) is 7.60. The highest BCUT2D eigenvalue weighted by atomic mass is 32.2. The maximum absolute atomic E-state index is 12.9. The van der Waals surface area contributed by atoms with Gasteiger partial charge in [0.25, 0.3) is 0 Å². The van der Waals surface area contributed by atoms with Gasteiger partial charge in [0.2, 0.25) is 10.0 Å². The Labute approximate surface area is 131 Å². The predicted molar refractivity (Wildman–Crippen MR) is 88.3 cm³/mol. The van der Waals surface area contributed by atoms with Crippen LogP contribution in [0.3, 0.4) is 0 Å². The standard InChI is InChI=1S/C14H24N2O3S2/c1-5-12(10-20-4)16(2)21(17,18)14-8-11(9-15)6-7-13(14)19-3/h6-8,12H,5,9-10,15H2,1-4H3. The highest BCUT2D eigenvalue weighted by Crippen LogP contribution is 2.29. The van der Waals surface area contributed by atoms with Crippen LogP contribution >= 0.6 is 11.8 Å². The summed E-state index contributed by atoms with van der Waals surface area (Å²) in [5, 5.41) is 0. The molecule has 0 heterocycles. The van der Waals surface area contributed by atoms with Crippen molar-refractivity contribution < 1.29 is 13.2 Å². The molecule has 1 rings (SSSR count). The lowest BCUT2D eigenvalue weighted by molar-refractivity contribution is 0.374. The van der Waals surface area contributed by atoms with E-state index in [-0.39, 0.29) is 17.5 Å². The van der Waals surface area contributed by atoms with Crippen LogP contribution in [0.15, 0.2) is 23.1 Å². The predicted octanol–water partition coefficient (Wildman–Crippen LogP) is 1.92. The molecule has 0 aliphatic carbocycles. The van der Waals surface area contributed by atoms with Crippen molar-refractivity contribution in [2.45, 2.75) is 30.8 Å². The number of nitrogens with zero attached hydrogens (tertiary/aromatic N) is 1. The number of nitrogens with two attached hydrogens (primary N) is 1. The van der Waals surface area contributed by atoms with Gasteiger partial charge in [-0.15, -0.1) is 0 Å². The van der Waals surface area contributed by atoms with E-state index in [1.807, 2.05) is 13.2 Å². The van der Waals surface area contributed by atoms with Crippen molar-refractivity contribution in [2.24, 2.45) is 5.73 Å². The van der Waals surface area contributed by atoms with Gasteiger partial charge in [0, 0.05) is 25.4 Å². The van der Waals surface area contributed by atoms with E-state index >= 15 is 0 Å². The van der Waals surface area contributed by atoms with E-state index in [1.165, 1.54) is 11.4 Å². The Morgan fingerprint density at radius 1 is 1.43 bits per heavy atom. The molecule has 0 aliphatic heterocycles. The number of hydrogen-bond donors (Lipinski definition) is 1. The third-order valence-corrected chi connectivity index (χ3v) is 6.11. The minimum Gasteiger partial charge on any atom is -0.495 e. The zero-order valence-electron chi connectivity index (χ0n) is 13.0. The first-order valence-corrected chi connectivity index (χ1v) is 9.59. The van der Waals surface area contributed by atoms with Gasteiger partial charge in [-0.25, -0.2) is 8.42 Å². The maximum atomic E-state index is 12.9.